The van der Waals surface area contributed by atoms with E-state index in [1.165, 1.54) is 42.3 Å². The van der Waals surface area contributed by atoms with Crippen LogP contribution >= 0.6 is 0 Å². The minimum absolute atomic E-state index is 0.0626. The molecule has 3 atom stereocenters. The molecule has 2 amide bonds. The maximum Gasteiger partial charge on any atom is 0.391 e. The van der Waals surface area contributed by atoms with Gasteiger partial charge in [-0.1, -0.05) is 18.2 Å². The van der Waals surface area contributed by atoms with Gasteiger partial charge in [0.15, 0.2) is 17.3 Å². The first-order valence-electron chi connectivity index (χ1n) is 15.6. The summed E-state index contributed by atoms with van der Waals surface area (Å²) in [6, 6.07) is 6.06. The van der Waals surface area contributed by atoms with E-state index in [2.05, 4.69) is 35.9 Å². The fourth-order valence-electron chi connectivity index (χ4n) is 5.16. The summed E-state index contributed by atoms with van der Waals surface area (Å²) in [7, 11) is 3.35. The SMILES string of the molecule is CC(CC=CC(=O)Nc1cc2c(Nc3ccc(OCC4(C)C=CC=CN4)c(F)c3)ncnc2cn1)[NH+](C)Cc1c([N+](=O)[O-])nc(C(N)=O)n1C. The standard InChI is InChI=1S/C33H36FN11O5/c1-20(43(3)17-25-31(45(48)49)42-32(29(35)47)44(25)4)8-7-9-28(46)41-27-15-22-24(16-36-27)37-19-38-30(22)40-21-10-11-26(23(34)14-21)50-18-33(2)12-5-6-13-39-33/h5-7,9-16,19-20,39H,8,17-18H2,1-4H3,(H2,35,47)(H,36,41,46)(H,37,38,40)/p+1. The molecule has 4 aromatic rings. The van der Waals surface area contributed by atoms with Crippen molar-refractivity contribution in [1.29, 1.82) is 0 Å². The van der Waals surface area contributed by atoms with Crippen molar-refractivity contribution >= 4 is 45.9 Å². The summed E-state index contributed by atoms with van der Waals surface area (Å²) in [4.78, 5) is 52.7. The molecule has 5 rings (SSSR count). The average molecular weight is 687 g/mol. The molecule has 0 aliphatic carbocycles. The quantitative estimate of drug-likeness (QED) is 0.0739. The van der Waals surface area contributed by atoms with Crippen molar-refractivity contribution in [2.75, 3.05) is 24.3 Å². The Labute approximate surface area is 286 Å². The van der Waals surface area contributed by atoms with E-state index < -0.39 is 33.9 Å². The number of dihydropyridines is 1. The van der Waals surface area contributed by atoms with Crippen LogP contribution in [0.15, 0.2) is 73.4 Å². The highest BCUT2D eigenvalue weighted by Gasteiger charge is 2.31. The highest BCUT2D eigenvalue weighted by molar-refractivity contribution is 6.00. The Morgan fingerprint density at radius 2 is 2.06 bits per heavy atom. The lowest BCUT2D eigenvalue weighted by Crippen LogP contribution is -3.11. The second-order valence-electron chi connectivity index (χ2n) is 12.1. The zero-order chi connectivity index (χ0) is 36.0. The van der Waals surface area contributed by atoms with Crippen molar-refractivity contribution in [1.82, 2.24) is 29.8 Å². The molecule has 4 heterocycles. The van der Waals surface area contributed by atoms with Gasteiger partial charge < -0.3 is 41.4 Å². The molecule has 0 spiro atoms. The summed E-state index contributed by atoms with van der Waals surface area (Å²) in [6.45, 7) is 4.29. The molecule has 3 aromatic heterocycles. The second kappa shape index (κ2) is 14.9. The Hall–Kier alpha value is -6.23. The molecule has 17 heteroatoms. The van der Waals surface area contributed by atoms with Crippen LogP contribution in [0.5, 0.6) is 5.75 Å². The van der Waals surface area contributed by atoms with Crippen molar-refractivity contribution in [2.24, 2.45) is 12.8 Å². The van der Waals surface area contributed by atoms with Gasteiger partial charge in [-0.05, 0) is 60.3 Å². The van der Waals surface area contributed by atoms with Crippen LogP contribution in [0, 0.1) is 15.9 Å². The molecule has 0 bridgehead atoms. The Bertz CT molecular complexity index is 2030. The van der Waals surface area contributed by atoms with E-state index in [4.69, 9.17) is 10.5 Å². The summed E-state index contributed by atoms with van der Waals surface area (Å²) < 4.78 is 22.0. The van der Waals surface area contributed by atoms with Gasteiger partial charge in [-0.15, -0.1) is 0 Å². The first-order chi connectivity index (χ1) is 23.8. The lowest BCUT2D eigenvalue weighted by molar-refractivity contribution is -0.917. The minimum Gasteiger partial charge on any atom is -0.488 e. The van der Waals surface area contributed by atoms with Crippen LogP contribution < -0.4 is 31.3 Å². The third kappa shape index (κ3) is 8.24. The number of ether oxygens (including phenoxy) is 1. The Morgan fingerprint density at radius 3 is 2.76 bits per heavy atom. The van der Waals surface area contributed by atoms with Gasteiger partial charge in [0.1, 0.15) is 31.1 Å². The molecular formula is C33H37FN11O5+. The molecule has 1 aliphatic heterocycles. The van der Waals surface area contributed by atoms with E-state index in [0.717, 1.165) is 4.90 Å². The van der Waals surface area contributed by atoms with Gasteiger partial charge in [0, 0.05) is 30.6 Å². The summed E-state index contributed by atoms with van der Waals surface area (Å²) in [5, 5.41) is 21.1. The molecule has 0 saturated carbocycles. The number of primary amides is 1. The van der Waals surface area contributed by atoms with Gasteiger partial charge in [-0.3, -0.25) is 14.2 Å². The summed E-state index contributed by atoms with van der Waals surface area (Å²) in [5.41, 5.74) is 6.04. The summed E-state index contributed by atoms with van der Waals surface area (Å²) >= 11 is 0. The molecule has 6 N–H and O–H groups in total. The molecule has 0 fully saturated rings. The first kappa shape index (κ1) is 35.1. The van der Waals surface area contributed by atoms with E-state index in [9.17, 15) is 24.1 Å². The molecule has 50 heavy (non-hydrogen) atoms. The van der Waals surface area contributed by atoms with Gasteiger partial charge in [-0.2, -0.15) is 0 Å². The predicted octanol–water partition coefficient (Wildman–Crippen LogP) is 2.45. The average Bonchev–Trinajstić information content (AvgIpc) is 3.40. The number of carbonyl (C=O) groups is 2. The number of aromatic nitrogens is 5. The predicted molar refractivity (Wildman–Crippen MR) is 183 cm³/mol. The molecular weight excluding hydrogens is 649 g/mol. The van der Waals surface area contributed by atoms with E-state index in [-0.39, 0.29) is 42.3 Å². The van der Waals surface area contributed by atoms with E-state index in [0.29, 0.717) is 28.8 Å². The lowest BCUT2D eigenvalue weighted by Gasteiger charge is -2.28. The number of nitrogens with zero attached hydrogens (tertiary/aromatic N) is 6. The summed E-state index contributed by atoms with van der Waals surface area (Å²) in [5.74, 6) is -1.71. The maximum atomic E-state index is 15.0. The number of nitrogens with two attached hydrogens (primary N) is 1. The molecule has 260 valence electrons. The van der Waals surface area contributed by atoms with Gasteiger partial charge in [-0.25, -0.2) is 19.3 Å². The number of hydrogen-bond acceptors (Lipinski definition) is 11. The first-order valence-corrected chi connectivity index (χ1v) is 15.6. The molecule has 0 radical (unpaired) electrons. The molecule has 0 saturated heterocycles. The van der Waals surface area contributed by atoms with Crippen LogP contribution in [0.1, 0.15) is 36.6 Å². The zero-order valence-electron chi connectivity index (χ0n) is 27.8. The van der Waals surface area contributed by atoms with E-state index >= 15 is 0 Å². The van der Waals surface area contributed by atoms with Crippen molar-refractivity contribution in [3.05, 3.63) is 101 Å². The number of allylic oxidation sites excluding steroid dienone is 2. The lowest BCUT2D eigenvalue weighted by atomic mass is 10.0. The van der Waals surface area contributed by atoms with Crippen LogP contribution in [-0.4, -0.2) is 66.5 Å². The number of carbonyl (C=O) groups excluding carboxylic acids is 2. The van der Waals surface area contributed by atoms with Crippen molar-refractivity contribution in [3.8, 4) is 5.75 Å². The molecule has 16 nitrogen and oxygen atoms in total. The minimum atomic E-state index is -0.859. The van der Waals surface area contributed by atoms with Crippen LogP contribution in [0.4, 0.5) is 27.5 Å². The highest BCUT2D eigenvalue weighted by Crippen LogP contribution is 2.28. The van der Waals surface area contributed by atoms with Gasteiger partial charge in [0.2, 0.25) is 5.91 Å². The number of rotatable bonds is 14. The van der Waals surface area contributed by atoms with Crippen LogP contribution in [0.2, 0.25) is 0 Å². The third-order valence-electron chi connectivity index (χ3n) is 8.21. The Morgan fingerprint density at radius 1 is 1.26 bits per heavy atom. The topological polar surface area (TPSA) is 210 Å². The van der Waals surface area contributed by atoms with Crippen LogP contribution in [0.3, 0.4) is 0 Å². The number of halogens is 1. The van der Waals surface area contributed by atoms with Crippen molar-refractivity contribution < 1.29 is 28.5 Å². The molecule has 1 aliphatic rings. The fourth-order valence-corrected chi connectivity index (χ4v) is 5.16. The number of benzene rings is 1. The van der Waals surface area contributed by atoms with Gasteiger partial charge >= 0.3 is 17.5 Å². The Kier molecular flexibility index (Phi) is 10.5. The van der Waals surface area contributed by atoms with E-state index in [1.807, 2.05) is 39.1 Å². The summed E-state index contributed by atoms with van der Waals surface area (Å²) in [6.07, 6.45) is 13.9. The number of fused-ring (bicyclic) bond motifs is 1. The maximum absolute atomic E-state index is 15.0. The molecule has 3 unspecified atom stereocenters. The fraction of sp³-hybridized carbons (Fsp3) is 0.273. The van der Waals surface area contributed by atoms with Crippen molar-refractivity contribution in [3.63, 3.8) is 0 Å². The number of amides is 2. The zero-order valence-corrected chi connectivity index (χ0v) is 27.8. The van der Waals surface area contributed by atoms with Gasteiger partial charge in [0.25, 0.3) is 0 Å². The largest absolute Gasteiger partial charge is 0.488 e. The number of imidazole rings is 1. The van der Waals surface area contributed by atoms with Gasteiger partial charge in [0.05, 0.1) is 30.3 Å². The third-order valence-corrected chi connectivity index (χ3v) is 8.21. The van der Waals surface area contributed by atoms with Crippen LogP contribution in [0.25, 0.3) is 10.9 Å². The van der Waals surface area contributed by atoms with E-state index in [1.54, 1.807) is 24.4 Å². The number of hydrogen-bond donors (Lipinski definition) is 5. The number of nitro groups is 1. The second-order valence-corrected chi connectivity index (χ2v) is 12.1. The number of quaternary nitrogens is 1. The normalized spacial score (nSPS) is 16.6. The highest BCUT2D eigenvalue weighted by atomic mass is 19.1. The molecule has 1 aromatic carbocycles. The smallest absolute Gasteiger partial charge is 0.391 e. The van der Waals surface area contributed by atoms with Crippen LogP contribution in [-0.2, 0) is 18.4 Å². The number of pyridine rings is 1. The Balaban J connectivity index is 1.19. The monoisotopic (exact) mass is 686 g/mol. The number of nitrogens with one attached hydrogen (secondary N) is 4. The van der Waals surface area contributed by atoms with Crippen molar-refractivity contribution in [2.45, 2.75) is 38.4 Å². The number of anilines is 3.